The number of hydrogen-bond donors (Lipinski definition) is 0. The molecule has 0 atom stereocenters. The summed E-state index contributed by atoms with van der Waals surface area (Å²) >= 11 is 0. The summed E-state index contributed by atoms with van der Waals surface area (Å²) in [6.45, 7) is 0.0165. The maximum absolute atomic E-state index is 12.6. The van der Waals surface area contributed by atoms with Crippen LogP contribution in [0.15, 0.2) is 32.3 Å². The quantitative estimate of drug-likeness (QED) is 0.628. The SMILES string of the molecule is CN(Cc1nnnn1C)S(=O)(=O)c1ccc2c(c1)oc(=O)n2C. The Balaban J connectivity index is 1.98. The second kappa shape index (κ2) is 5.28. The molecule has 23 heavy (non-hydrogen) atoms. The Morgan fingerprint density at radius 1 is 1.30 bits per heavy atom. The van der Waals surface area contributed by atoms with Crippen LogP contribution in [0.25, 0.3) is 11.1 Å². The molecule has 3 aromatic rings. The maximum Gasteiger partial charge on any atom is 0.419 e. The molecule has 0 amide bonds. The number of oxazole rings is 1. The number of sulfonamides is 1. The van der Waals surface area contributed by atoms with Crippen molar-refractivity contribution in [3.8, 4) is 0 Å². The van der Waals surface area contributed by atoms with Gasteiger partial charge in [0.25, 0.3) is 0 Å². The van der Waals surface area contributed by atoms with E-state index in [0.717, 1.165) is 4.31 Å². The summed E-state index contributed by atoms with van der Waals surface area (Å²) in [7, 11) is 0.829. The second-order valence-corrected chi connectivity index (χ2v) is 7.08. The third-order valence-corrected chi connectivity index (χ3v) is 5.34. The first-order valence-electron chi connectivity index (χ1n) is 6.58. The summed E-state index contributed by atoms with van der Waals surface area (Å²) in [5.41, 5.74) is 0.737. The van der Waals surface area contributed by atoms with Crippen molar-refractivity contribution in [1.82, 2.24) is 29.1 Å². The monoisotopic (exact) mass is 338 g/mol. The van der Waals surface area contributed by atoms with Crippen LogP contribution in [0.4, 0.5) is 0 Å². The zero-order valence-electron chi connectivity index (χ0n) is 12.7. The van der Waals surface area contributed by atoms with Crippen molar-refractivity contribution < 1.29 is 12.8 Å². The maximum atomic E-state index is 12.6. The van der Waals surface area contributed by atoms with Gasteiger partial charge in [-0.05, 0) is 22.6 Å². The van der Waals surface area contributed by atoms with Gasteiger partial charge in [-0.15, -0.1) is 5.10 Å². The number of nitrogens with zero attached hydrogens (tertiary/aromatic N) is 6. The zero-order chi connectivity index (χ0) is 16.8. The van der Waals surface area contributed by atoms with Crippen LogP contribution in [-0.2, 0) is 30.7 Å². The van der Waals surface area contributed by atoms with E-state index in [4.69, 9.17) is 4.42 Å². The lowest BCUT2D eigenvalue weighted by Gasteiger charge is -2.16. The normalized spacial score (nSPS) is 12.3. The van der Waals surface area contributed by atoms with Gasteiger partial charge in [0.1, 0.15) is 0 Å². The van der Waals surface area contributed by atoms with Crippen molar-refractivity contribution in [1.29, 1.82) is 0 Å². The molecule has 0 fully saturated rings. The van der Waals surface area contributed by atoms with E-state index in [9.17, 15) is 13.2 Å². The lowest BCUT2D eigenvalue weighted by atomic mass is 10.3. The molecule has 3 rings (SSSR count). The van der Waals surface area contributed by atoms with Crippen LogP contribution in [0, 0.1) is 0 Å². The summed E-state index contributed by atoms with van der Waals surface area (Å²) in [4.78, 5) is 11.5. The molecule has 1 aromatic carbocycles. The number of benzene rings is 1. The van der Waals surface area contributed by atoms with Crippen LogP contribution in [-0.4, -0.2) is 44.5 Å². The molecule has 122 valence electrons. The molecule has 0 radical (unpaired) electrons. The molecular formula is C12H14N6O4S. The summed E-state index contributed by atoms with van der Waals surface area (Å²) in [6, 6.07) is 4.29. The molecule has 2 heterocycles. The van der Waals surface area contributed by atoms with Gasteiger partial charge < -0.3 is 4.42 Å². The fourth-order valence-electron chi connectivity index (χ4n) is 2.12. The number of aromatic nitrogens is 5. The van der Waals surface area contributed by atoms with Gasteiger partial charge in [-0.2, -0.15) is 4.31 Å². The lowest BCUT2D eigenvalue weighted by Crippen LogP contribution is -2.27. The van der Waals surface area contributed by atoms with E-state index in [0.29, 0.717) is 11.3 Å². The molecule has 0 saturated carbocycles. The lowest BCUT2D eigenvalue weighted by molar-refractivity contribution is 0.447. The molecule has 10 nitrogen and oxygen atoms in total. The van der Waals surface area contributed by atoms with Gasteiger partial charge in [-0.1, -0.05) is 0 Å². The van der Waals surface area contributed by atoms with Gasteiger partial charge >= 0.3 is 5.76 Å². The number of aryl methyl sites for hydroxylation is 2. The van der Waals surface area contributed by atoms with E-state index in [1.54, 1.807) is 14.1 Å². The molecule has 0 N–H and O–H groups in total. The van der Waals surface area contributed by atoms with Crippen LogP contribution in [0.5, 0.6) is 0 Å². The number of rotatable bonds is 4. The minimum Gasteiger partial charge on any atom is -0.408 e. The Morgan fingerprint density at radius 2 is 2.04 bits per heavy atom. The fraction of sp³-hybridized carbons (Fsp3) is 0.333. The van der Waals surface area contributed by atoms with E-state index in [1.807, 2.05) is 0 Å². The standard InChI is InChI=1S/C12H14N6O4S/c1-16(7-11-13-14-15-18(11)3)23(20,21)8-4-5-9-10(6-8)22-12(19)17(9)2/h4-6H,7H2,1-3H3. The first-order chi connectivity index (χ1) is 10.8. The van der Waals surface area contributed by atoms with Crippen molar-refractivity contribution in [3.63, 3.8) is 0 Å². The average Bonchev–Trinajstić information content (AvgIpc) is 3.03. The van der Waals surface area contributed by atoms with E-state index in [2.05, 4.69) is 15.5 Å². The number of fused-ring (bicyclic) bond motifs is 1. The van der Waals surface area contributed by atoms with Gasteiger partial charge in [0.05, 0.1) is 17.0 Å². The van der Waals surface area contributed by atoms with Crippen molar-refractivity contribution >= 4 is 21.1 Å². The van der Waals surface area contributed by atoms with Crippen molar-refractivity contribution in [2.75, 3.05) is 7.05 Å². The van der Waals surface area contributed by atoms with E-state index >= 15 is 0 Å². The Labute approximate surface area is 131 Å². The Bertz CT molecular complexity index is 1030. The van der Waals surface area contributed by atoms with Crippen LogP contribution in [0.2, 0.25) is 0 Å². The molecule has 0 spiro atoms. The molecule has 0 saturated heterocycles. The van der Waals surface area contributed by atoms with Crippen molar-refractivity contribution in [2.24, 2.45) is 14.1 Å². The number of hydrogen-bond acceptors (Lipinski definition) is 7. The molecule has 0 unspecified atom stereocenters. The van der Waals surface area contributed by atoms with Gasteiger partial charge in [-0.3, -0.25) is 4.57 Å². The van der Waals surface area contributed by atoms with Gasteiger partial charge in [0, 0.05) is 27.2 Å². The third-order valence-electron chi connectivity index (χ3n) is 3.54. The van der Waals surface area contributed by atoms with E-state index < -0.39 is 15.8 Å². The zero-order valence-corrected chi connectivity index (χ0v) is 13.5. The molecule has 0 bridgehead atoms. The Morgan fingerprint density at radius 3 is 2.70 bits per heavy atom. The minimum absolute atomic E-state index is 0.0165. The molecule has 0 aliphatic heterocycles. The highest BCUT2D eigenvalue weighted by atomic mass is 32.2. The summed E-state index contributed by atoms with van der Waals surface area (Å²) in [5.74, 6) is -0.142. The van der Waals surface area contributed by atoms with Gasteiger partial charge in [-0.25, -0.2) is 17.9 Å². The first kappa shape index (κ1) is 15.4. The van der Waals surface area contributed by atoms with Crippen LogP contribution < -0.4 is 5.76 Å². The summed E-state index contributed by atoms with van der Waals surface area (Å²) in [6.07, 6.45) is 0. The number of tetrazole rings is 1. The van der Waals surface area contributed by atoms with Crippen LogP contribution in [0.1, 0.15) is 5.82 Å². The van der Waals surface area contributed by atoms with Gasteiger partial charge in [0.15, 0.2) is 11.4 Å². The third kappa shape index (κ3) is 2.53. The van der Waals surface area contributed by atoms with Crippen LogP contribution in [0.3, 0.4) is 0 Å². The summed E-state index contributed by atoms with van der Waals surface area (Å²) < 4.78 is 34.1. The van der Waals surface area contributed by atoms with Crippen LogP contribution >= 0.6 is 0 Å². The Hall–Kier alpha value is -2.53. The average molecular weight is 338 g/mol. The highest BCUT2D eigenvalue weighted by Gasteiger charge is 2.24. The first-order valence-corrected chi connectivity index (χ1v) is 8.02. The molecule has 2 aromatic heterocycles. The minimum atomic E-state index is -3.77. The van der Waals surface area contributed by atoms with E-state index in [-0.39, 0.29) is 17.0 Å². The summed E-state index contributed by atoms with van der Waals surface area (Å²) in [5, 5.41) is 10.9. The largest absolute Gasteiger partial charge is 0.419 e. The smallest absolute Gasteiger partial charge is 0.408 e. The highest BCUT2D eigenvalue weighted by Crippen LogP contribution is 2.21. The highest BCUT2D eigenvalue weighted by molar-refractivity contribution is 7.89. The van der Waals surface area contributed by atoms with Crippen molar-refractivity contribution in [2.45, 2.75) is 11.4 Å². The molecule has 11 heteroatoms. The molecular weight excluding hydrogens is 324 g/mol. The van der Waals surface area contributed by atoms with Crippen molar-refractivity contribution in [3.05, 3.63) is 34.6 Å². The van der Waals surface area contributed by atoms with E-state index in [1.165, 1.54) is 34.5 Å². The predicted molar refractivity (Wildman–Crippen MR) is 78.9 cm³/mol. The van der Waals surface area contributed by atoms with Gasteiger partial charge in [0.2, 0.25) is 10.0 Å². The Kier molecular flexibility index (Phi) is 3.53. The molecule has 0 aliphatic carbocycles. The molecule has 0 aliphatic rings. The second-order valence-electron chi connectivity index (χ2n) is 5.04. The topological polar surface area (TPSA) is 116 Å². The fourth-order valence-corrected chi connectivity index (χ4v) is 3.26. The predicted octanol–water partition coefficient (Wildman–Crippen LogP) is -0.524.